The van der Waals surface area contributed by atoms with Gasteiger partial charge in [0.15, 0.2) is 5.54 Å². The molecule has 0 bridgehead atoms. The molecule has 1 atom stereocenters. The molecule has 9 heteroatoms. The number of amides is 2. The van der Waals surface area contributed by atoms with Gasteiger partial charge < -0.3 is 24.1 Å². The molecule has 3 aromatic carbocycles. The molecule has 1 aromatic heterocycles. The van der Waals surface area contributed by atoms with Crippen LogP contribution in [0.5, 0.6) is 5.75 Å². The van der Waals surface area contributed by atoms with E-state index in [-0.39, 0.29) is 29.7 Å². The number of hydrogen-bond acceptors (Lipinski definition) is 7. The normalized spacial score (nSPS) is 16.3. The van der Waals surface area contributed by atoms with Gasteiger partial charge in [-0.3, -0.25) is 4.79 Å². The Morgan fingerprint density at radius 1 is 1.05 bits per heavy atom. The number of nitriles is 1. The summed E-state index contributed by atoms with van der Waals surface area (Å²) in [6.45, 7) is 5.42. The van der Waals surface area contributed by atoms with E-state index in [4.69, 9.17) is 13.9 Å². The highest BCUT2D eigenvalue weighted by atomic mass is 16.6. The van der Waals surface area contributed by atoms with E-state index in [1.54, 1.807) is 56.0 Å². The van der Waals surface area contributed by atoms with Gasteiger partial charge in [-0.15, -0.1) is 0 Å². The molecule has 0 saturated heterocycles. The molecule has 1 aliphatic heterocycles. The molecule has 0 spiro atoms. The summed E-state index contributed by atoms with van der Waals surface area (Å²) in [6.07, 6.45) is -1.01. The van der Waals surface area contributed by atoms with Crippen molar-refractivity contribution in [1.82, 2.24) is 5.32 Å². The third kappa shape index (κ3) is 5.12. The second kappa shape index (κ2) is 10.5. The van der Waals surface area contributed by atoms with Crippen molar-refractivity contribution in [3.05, 3.63) is 105 Å². The van der Waals surface area contributed by atoms with Crippen LogP contribution < -0.4 is 20.6 Å². The fraction of sp³-hybridized carbons (Fsp3) is 0.250. The van der Waals surface area contributed by atoms with Crippen molar-refractivity contribution in [2.24, 2.45) is 0 Å². The van der Waals surface area contributed by atoms with E-state index in [0.29, 0.717) is 22.4 Å². The van der Waals surface area contributed by atoms with E-state index >= 15 is 0 Å². The molecule has 0 fully saturated rings. The molecule has 9 nitrogen and oxygen atoms in total. The Labute approximate surface area is 236 Å². The smallest absolute Gasteiger partial charge is 0.408 e. The first-order valence-corrected chi connectivity index (χ1v) is 13.1. The molecule has 1 aliphatic rings. The zero-order valence-electron chi connectivity index (χ0n) is 23.2. The number of methoxy groups -OCH3 is 1. The minimum Gasteiger partial charge on any atom is -0.497 e. The maximum atomic E-state index is 14.6. The Morgan fingerprint density at radius 3 is 2.44 bits per heavy atom. The zero-order chi connectivity index (χ0) is 29.4. The van der Waals surface area contributed by atoms with Gasteiger partial charge in [0.25, 0.3) is 5.91 Å². The number of nitrogens with one attached hydrogen (secondary N) is 1. The van der Waals surface area contributed by atoms with Crippen molar-refractivity contribution in [2.45, 2.75) is 44.9 Å². The summed E-state index contributed by atoms with van der Waals surface area (Å²) in [5.41, 5.74) is -1.17. The first kappa shape index (κ1) is 27.5. The molecule has 4 aromatic rings. The van der Waals surface area contributed by atoms with Gasteiger partial charge in [0, 0.05) is 23.4 Å². The van der Waals surface area contributed by atoms with E-state index in [9.17, 15) is 19.6 Å². The average Bonchev–Trinajstić information content (AvgIpc) is 3.15. The minimum atomic E-state index is -1.69. The first-order valence-electron chi connectivity index (χ1n) is 13.1. The van der Waals surface area contributed by atoms with Crippen molar-refractivity contribution < 1.29 is 23.5 Å². The Hall–Kier alpha value is -5.10. The highest BCUT2D eigenvalue weighted by Crippen LogP contribution is 2.44. The number of benzene rings is 3. The molecule has 0 unspecified atom stereocenters. The number of alkyl carbamates (subject to hydrolysis) is 1. The van der Waals surface area contributed by atoms with E-state index < -0.39 is 28.8 Å². The lowest BCUT2D eigenvalue weighted by Gasteiger charge is -2.32. The second-order valence-corrected chi connectivity index (χ2v) is 10.8. The van der Waals surface area contributed by atoms with Crippen LogP contribution >= 0.6 is 0 Å². The van der Waals surface area contributed by atoms with Crippen molar-refractivity contribution in [2.75, 3.05) is 12.0 Å². The molecule has 41 heavy (non-hydrogen) atoms. The van der Waals surface area contributed by atoms with Crippen LogP contribution in [0.15, 0.2) is 82.0 Å². The van der Waals surface area contributed by atoms with Crippen LogP contribution in [0.3, 0.4) is 0 Å². The van der Waals surface area contributed by atoms with Gasteiger partial charge in [-0.25, -0.2) is 9.59 Å². The summed E-state index contributed by atoms with van der Waals surface area (Å²) in [5.74, 6) is 0.0291. The summed E-state index contributed by atoms with van der Waals surface area (Å²) in [5, 5.41) is 13.3. The first-order chi connectivity index (χ1) is 19.6. The molecular weight excluding hydrogens is 522 g/mol. The van der Waals surface area contributed by atoms with Crippen LogP contribution in [0.1, 0.15) is 43.0 Å². The van der Waals surface area contributed by atoms with Crippen molar-refractivity contribution in [3.63, 3.8) is 0 Å². The number of carbonyl (C=O) groups excluding carboxylic acids is 2. The molecule has 2 heterocycles. The summed E-state index contributed by atoms with van der Waals surface area (Å²) >= 11 is 0. The standard InChI is InChI=1S/C32H29N3O6/c1-31(2,3)41-30(38)34-32(17-23-22-15-14-21(39-4)16-27(22)40-28(36)24(23)18-33)25-12-8-9-13-26(25)35(29(32)37)19-20-10-6-5-7-11-20/h5-16H,17,19H2,1-4H3,(H,34,38)/t32-/m1/s1. The van der Waals surface area contributed by atoms with Gasteiger partial charge in [-0.2, -0.15) is 5.26 Å². The van der Waals surface area contributed by atoms with Crippen LogP contribution in [0.25, 0.3) is 11.0 Å². The largest absolute Gasteiger partial charge is 0.497 e. The topological polar surface area (TPSA) is 122 Å². The predicted molar refractivity (Wildman–Crippen MR) is 153 cm³/mol. The van der Waals surface area contributed by atoms with Crippen LogP contribution in [0.2, 0.25) is 0 Å². The summed E-state index contributed by atoms with van der Waals surface area (Å²) in [6, 6.07) is 23.5. The van der Waals surface area contributed by atoms with E-state index in [2.05, 4.69) is 5.32 Å². The predicted octanol–water partition coefficient (Wildman–Crippen LogP) is 5.18. The molecule has 0 saturated carbocycles. The van der Waals surface area contributed by atoms with Gasteiger partial charge in [-0.1, -0.05) is 48.5 Å². The van der Waals surface area contributed by atoms with Gasteiger partial charge in [0.2, 0.25) is 0 Å². The van der Waals surface area contributed by atoms with Gasteiger partial charge in [-0.05, 0) is 50.1 Å². The minimum absolute atomic E-state index is 0.190. The lowest BCUT2D eigenvalue weighted by atomic mass is 9.82. The summed E-state index contributed by atoms with van der Waals surface area (Å²) < 4.78 is 16.3. The maximum absolute atomic E-state index is 14.6. The van der Waals surface area contributed by atoms with Crippen molar-refractivity contribution >= 4 is 28.7 Å². The van der Waals surface area contributed by atoms with Crippen LogP contribution in [-0.4, -0.2) is 24.7 Å². The van der Waals surface area contributed by atoms with Gasteiger partial charge in [0.1, 0.15) is 28.6 Å². The monoisotopic (exact) mass is 551 g/mol. The van der Waals surface area contributed by atoms with E-state index in [1.165, 1.54) is 7.11 Å². The zero-order valence-corrected chi connectivity index (χ0v) is 23.2. The number of ether oxygens (including phenoxy) is 2. The van der Waals surface area contributed by atoms with Crippen molar-refractivity contribution in [3.8, 4) is 11.8 Å². The SMILES string of the molecule is COc1ccc2c(C[C@]3(NC(=O)OC(C)(C)C)C(=O)N(Cc4ccccc4)c4ccccc43)c(C#N)c(=O)oc2c1. The Balaban J connectivity index is 1.73. The third-order valence-corrected chi connectivity index (χ3v) is 6.94. The molecular formula is C32H29N3O6. The Bertz CT molecular complexity index is 1750. The molecule has 0 aliphatic carbocycles. The fourth-order valence-electron chi connectivity index (χ4n) is 5.20. The maximum Gasteiger partial charge on any atom is 0.408 e. The molecule has 0 radical (unpaired) electrons. The lowest BCUT2D eigenvalue weighted by Crippen LogP contribution is -2.55. The summed E-state index contributed by atoms with van der Waals surface area (Å²) in [4.78, 5) is 42.5. The molecule has 5 rings (SSSR count). The summed E-state index contributed by atoms with van der Waals surface area (Å²) in [7, 11) is 1.49. The van der Waals surface area contributed by atoms with Crippen LogP contribution in [0.4, 0.5) is 10.5 Å². The number of anilines is 1. The Morgan fingerprint density at radius 2 is 1.76 bits per heavy atom. The highest BCUT2D eigenvalue weighted by Gasteiger charge is 2.53. The number of hydrogen-bond donors (Lipinski definition) is 1. The average molecular weight is 552 g/mol. The quantitative estimate of drug-likeness (QED) is 0.328. The molecule has 208 valence electrons. The number of rotatable bonds is 6. The van der Waals surface area contributed by atoms with Crippen LogP contribution in [-0.2, 0) is 28.0 Å². The second-order valence-electron chi connectivity index (χ2n) is 10.8. The molecule has 1 N–H and O–H groups in total. The number of para-hydroxylation sites is 1. The highest BCUT2D eigenvalue weighted by molar-refractivity contribution is 6.09. The van der Waals surface area contributed by atoms with Gasteiger partial charge >= 0.3 is 11.7 Å². The van der Waals surface area contributed by atoms with E-state index in [1.807, 2.05) is 48.5 Å². The fourth-order valence-corrected chi connectivity index (χ4v) is 5.20. The lowest BCUT2D eigenvalue weighted by molar-refractivity contribution is -0.124. The van der Waals surface area contributed by atoms with Gasteiger partial charge in [0.05, 0.1) is 19.3 Å². The number of nitrogens with zero attached hydrogens (tertiary/aromatic N) is 2. The Kier molecular flexibility index (Phi) is 7.01. The van der Waals surface area contributed by atoms with Crippen molar-refractivity contribution in [1.29, 1.82) is 5.26 Å². The molecule has 2 amide bonds. The van der Waals surface area contributed by atoms with E-state index in [0.717, 1.165) is 5.56 Å². The third-order valence-electron chi connectivity index (χ3n) is 6.94. The number of carbonyl (C=O) groups is 2. The number of fused-ring (bicyclic) bond motifs is 2. The van der Waals surface area contributed by atoms with Crippen LogP contribution in [0, 0.1) is 11.3 Å².